The van der Waals surface area contributed by atoms with E-state index in [4.69, 9.17) is 9.26 Å². The number of benzene rings is 2. The van der Waals surface area contributed by atoms with Crippen molar-refractivity contribution >= 4 is 15.0 Å². The molecule has 0 fully saturated rings. The summed E-state index contributed by atoms with van der Waals surface area (Å²) in [5, 5.41) is 0. The Hall–Kier alpha value is -1.90. The molecule has 4 nitrogen and oxygen atoms in total. The first-order chi connectivity index (χ1) is 9.80. The number of methoxy groups -OCH3 is 1. The summed E-state index contributed by atoms with van der Waals surface area (Å²) in [5.41, 5.74) is 2.46. The molecule has 0 aliphatic rings. The van der Waals surface area contributed by atoms with Crippen LogP contribution in [0.3, 0.4) is 0 Å². The number of ether oxygens (including phenoxy) is 1. The first-order valence-corrected chi connectivity index (χ1v) is 7.02. The Morgan fingerprint density at radius 1 is 1.15 bits per heavy atom. The average molecular weight is 290 g/mol. The Labute approximate surface area is 118 Å². The maximum Gasteiger partial charge on any atom is 0.180 e. The number of rotatable bonds is 6. The zero-order valence-corrected chi connectivity index (χ0v) is 12.1. The van der Waals surface area contributed by atoms with Crippen LogP contribution < -0.4 is 4.74 Å². The minimum atomic E-state index is -1.44. The molecule has 0 aliphatic carbocycles. The summed E-state index contributed by atoms with van der Waals surface area (Å²) in [6.45, 7) is 0. The number of carbonyl (C=O) groups is 1. The Kier molecular flexibility index (Phi) is 5.10. The zero-order chi connectivity index (χ0) is 14.4. The zero-order valence-electron chi connectivity index (χ0n) is 11.0. The molecular formula is C15H15O4P. The molecule has 0 aromatic heterocycles. The van der Waals surface area contributed by atoms with Crippen molar-refractivity contribution in [2.45, 2.75) is 6.10 Å². The highest BCUT2D eigenvalue weighted by Crippen LogP contribution is 2.32. The van der Waals surface area contributed by atoms with Gasteiger partial charge in [0, 0.05) is 0 Å². The average Bonchev–Trinajstić information content (AvgIpc) is 2.52. The van der Waals surface area contributed by atoms with Gasteiger partial charge in [0.05, 0.1) is 7.11 Å². The molecule has 2 aromatic carbocycles. The largest absolute Gasteiger partial charge is 0.497 e. The molecule has 0 saturated heterocycles. The van der Waals surface area contributed by atoms with Gasteiger partial charge in [0.1, 0.15) is 11.9 Å². The molecule has 2 atom stereocenters. The molecule has 0 bridgehead atoms. The van der Waals surface area contributed by atoms with E-state index in [1.54, 1.807) is 13.2 Å². The quantitative estimate of drug-likeness (QED) is 0.605. The second-order valence-electron chi connectivity index (χ2n) is 4.11. The third-order valence-corrected chi connectivity index (χ3v) is 3.38. The summed E-state index contributed by atoms with van der Waals surface area (Å²) in [6.07, 6.45) is -0.158. The molecule has 0 radical (unpaired) electrons. The highest BCUT2D eigenvalue weighted by Gasteiger charge is 2.15. The molecule has 0 amide bonds. The third-order valence-electron chi connectivity index (χ3n) is 2.97. The molecule has 2 aromatic rings. The summed E-state index contributed by atoms with van der Waals surface area (Å²) in [7, 11) is 0.157. The predicted octanol–water partition coefficient (Wildman–Crippen LogP) is 3.29. The van der Waals surface area contributed by atoms with E-state index in [1.807, 2.05) is 42.5 Å². The molecule has 0 aliphatic heterocycles. The van der Waals surface area contributed by atoms with Gasteiger partial charge in [-0.1, -0.05) is 36.4 Å². The minimum absolute atomic E-state index is 0.657. The van der Waals surface area contributed by atoms with Crippen molar-refractivity contribution in [2.24, 2.45) is 0 Å². The van der Waals surface area contributed by atoms with Crippen LogP contribution in [0.5, 0.6) is 5.75 Å². The number of aldehydes is 1. The first kappa shape index (κ1) is 14.5. The number of hydrogen-bond donors (Lipinski definition) is 0. The van der Waals surface area contributed by atoms with Crippen LogP contribution >= 0.6 is 8.69 Å². The number of carbonyl (C=O) groups excluding carboxylic acids is 1. The van der Waals surface area contributed by atoms with Crippen molar-refractivity contribution in [3.05, 3.63) is 54.1 Å². The summed E-state index contributed by atoms with van der Waals surface area (Å²) in [5.74, 6) is 0.732. The Balaban J connectivity index is 2.50. The van der Waals surface area contributed by atoms with Gasteiger partial charge >= 0.3 is 0 Å². The summed E-state index contributed by atoms with van der Waals surface area (Å²) in [4.78, 5) is 11.1. The molecule has 0 spiro atoms. The van der Waals surface area contributed by atoms with Gasteiger partial charge in [-0.3, -0.25) is 4.57 Å². The SMILES string of the molecule is COc1cccc(-c2ccccc2C(C=O)O[PH2]=O)c1. The smallest absolute Gasteiger partial charge is 0.180 e. The van der Waals surface area contributed by atoms with E-state index in [0.717, 1.165) is 16.9 Å². The third kappa shape index (κ3) is 3.16. The molecule has 0 N–H and O–H groups in total. The van der Waals surface area contributed by atoms with Crippen molar-refractivity contribution in [3.63, 3.8) is 0 Å². The second kappa shape index (κ2) is 7.04. The van der Waals surface area contributed by atoms with E-state index < -0.39 is 14.8 Å². The molecule has 2 unspecified atom stereocenters. The molecule has 0 saturated carbocycles. The van der Waals surface area contributed by atoms with Crippen LogP contribution in [0.15, 0.2) is 48.5 Å². The lowest BCUT2D eigenvalue weighted by Gasteiger charge is -2.14. The van der Waals surface area contributed by atoms with Gasteiger partial charge in [-0.15, -0.1) is 0 Å². The fourth-order valence-electron chi connectivity index (χ4n) is 2.04. The second-order valence-corrected chi connectivity index (χ2v) is 4.57. The molecule has 104 valence electrons. The topological polar surface area (TPSA) is 52.6 Å². The maximum absolute atomic E-state index is 11.1. The summed E-state index contributed by atoms with van der Waals surface area (Å²) in [6, 6.07) is 14.9. The van der Waals surface area contributed by atoms with Crippen LogP contribution in [0.4, 0.5) is 0 Å². The lowest BCUT2D eigenvalue weighted by Crippen LogP contribution is -2.02. The van der Waals surface area contributed by atoms with Crippen molar-refractivity contribution in [1.29, 1.82) is 0 Å². The van der Waals surface area contributed by atoms with Gasteiger partial charge in [-0.05, 0) is 28.8 Å². The molecule has 5 heteroatoms. The maximum atomic E-state index is 11.1. The normalized spacial score (nSPS) is 12.4. The van der Waals surface area contributed by atoms with E-state index in [2.05, 4.69) is 0 Å². The van der Waals surface area contributed by atoms with Gasteiger partial charge in [0.25, 0.3) is 0 Å². The minimum Gasteiger partial charge on any atom is -0.497 e. The lowest BCUT2D eigenvalue weighted by atomic mass is 9.96. The molecule has 20 heavy (non-hydrogen) atoms. The predicted molar refractivity (Wildman–Crippen MR) is 78.7 cm³/mol. The molecule has 2 rings (SSSR count). The van der Waals surface area contributed by atoms with Crippen LogP contribution in [-0.4, -0.2) is 13.4 Å². The van der Waals surface area contributed by atoms with Crippen LogP contribution in [0.1, 0.15) is 11.7 Å². The van der Waals surface area contributed by atoms with Crippen LogP contribution in [-0.2, 0) is 13.9 Å². The standard InChI is InChI=1S/C15H15O4P/c1-18-12-6-4-5-11(9-12)13-7-2-3-8-14(13)15(10-16)19-20-17/h2-10,15H,20H2,1H3. The van der Waals surface area contributed by atoms with Crippen molar-refractivity contribution in [2.75, 3.05) is 7.11 Å². The lowest BCUT2D eigenvalue weighted by molar-refractivity contribution is -0.113. The van der Waals surface area contributed by atoms with Crippen molar-refractivity contribution in [1.82, 2.24) is 0 Å². The van der Waals surface area contributed by atoms with E-state index in [0.29, 0.717) is 11.8 Å². The van der Waals surface area contributed by atoms with E-state index in [1.165, 1.54) is 0 Å². The molecular weight excluding hydrogens is 275 g/mol. The van der Waals surface area contributed by atoms with E-state index in [9.17, 15) is 9.36 Å². The summed E-state index contributed by atoms with van der Waals surface area (Å²) < 4.78 is 20.9. The summed E-state index contributed by atoms with van der Waals surface area (Å²) >= 11 is 0. The van der Waals surface area contributed by atoms with Crippen LogP contribution in [0.2, 0.25) is 0 Å². The van der Waals surface area contributed by atoms with Crippen molar-refractivity contribution < 1.29 is 18.6 Å². The fraction of sp³-hybridized carbons (Fsp3) is 0.133. The number of hydrogen-bond acceptors (Lipinski definition) is 4. The van der Waals surface area contributed by atoms with Gasteiger partial charge < -0.3 is 14.1 Å². The van der Waals surface area contributed by atoms with E-state index in [-0.39, 0.29) is 0 Å². The fourth-order valence-corrected chi connectivity index (χ4v) is 2.37. The van der Waals surface area contributed by atoms with Crippen molar-refractivity contribution in [3.8, 4) is 16.9 Å². The van der Waals surface area contributed by atoms with E-state index >= 15 is 0 Å². The van der Waals surface area contributed by atoms with Gasteiger partial charge in [0.2, 0.25) is 0 Å². The van der Waals surface area contributed by atoms with Crippen LogP contribution in [0.25, 0.3) is 11.1 Å². The Morgan fingerprint density at radius 3 is 2.65 bits per heavy atom. The highest BCUT2D eigenvalue weighted by atomic mass is 31.1. The molecule has 0 heterocycles. The van der Waals surface area contributed by atoms with Gasteiger partial charge in [-0.2, -0.15) is 0 Å². The van der Waals surface area contributed by atoms with Gasteiger partial charge in [0.15, 0.2) is 15.0 Å². The van der Waals surface area contributed by atoms with Crippen LogP contribution in [0, 0.1) is 0 Å². The first-order valence-electron chi connectivity index (χ1n) is 6.08. The Morgan fingerprint density at radius 2 is 1.95 bits per heavy atom. The van der Waals surface area contributed by atoms with Gasteiger partial charge in [-0.25, -0.2) is 0 Å². The Bertz CT molecular complexity index is 612. The highest BCUT2D eigenvalue weighted by molar-refractivity contribution is 7.17. The monoisotopic (exact) mass is 290 g/mol.